The van der Waals surface area contributed by atoms with Crippen LogP contribution in [0, 0.1) is 111 Å². The lowest BCUT2D eigenvalue weighted by Crippen LogP contribution is -2.38. The molecule has 3 heterocycles. The molecule has 0 spiro atoms. The van der Waals surface area contributed by atoms with Crippen molar-refractivity contribution in [2.45, 2.75) is 200 Å². The van der Waals surface area contributed by atoms with Gasteiger partial charge in [-0.15, -0.1) is 0 Å². The fourth-order valence-corrected chi connectivity index (χ4v) is 17.8. The van der Waals surface area contributed by atoms with Gasteiger partial charge in [0.15, 0.2) is 0 Å². The Morgan fingerprint density at radius 1 is 0.277 bits per heavy atom. The van der Waals surface area contributed by atoms with Gasteiger partial charge in [0.1, 0.15) is 0 Å². The molecule has 0 aliphatic carbocycles. The van der Waals surface area contributed by atoms with E-state index in [2.05, 4.69) is 153 Å². The Bertz CT molecular complexity index is 5840. The van der Waals surface area contributed by atoms with Crippen LogP contribution in [0.1, 0.15) is 141 Å². The van der Waals surface area contributed by atoms with Crippen LogP contribution < -0.4 is 42.5 Å². The summed E-state index contributed by atoms with van der Waals surface area (Å²) in [6.07, 6.45) is -11.2. The molecule has 2 unspecified atom stereocenters. The second kappa shape index (κ2) is 48.3. The van der Waals surface area contributed by atoms with Crippen molar-refractivity contribution < 1.29 is 86.1 Å². The summed E-state index contributed by atoms with van der Waals surface area (Å²) in [6, 6.07) is 58.2. The maximum atomic E-state index is 12.8. The van der Waals surface area contributed by atoms with E-state index in [-0.39, 0.29) is 22.7 Å². The van der Waals surface area contributed by atoms with Gasteiger partial charge in [-0.05, 0) is 438 Å². The van der Waals surface area contributed by atoms with Crippen molar-refractivity contribution in [3.8, 4) is 89.0 Å². The number of amides is 4. The Labute approximate surface area is 820 Å². The van der Waals surface area contributed by atoms with Gasteiger partial charge < -0.3 is 56.7 Å². The van der Waals surface area contributed by atoms with Crippen LogP contribution in [0.15, 0.2) is 194 Å². The monoisotopic (exact) mass is 1950 g/mol. The van der Waals surface area contributed by atoms with E-state index in [0.29, 0.717) is 22.0 Å². The van der Waals surface area contributed by atoms with Gasteiger partial charge in [-0.1, -0.05) is 97.1 Å². The largest absolute Gasteiger partial charge is 0.471 e. The van der Waals surface area contributed by atoms with Crippen LogP contribution in [0.3, 0.4) is 0 Å². The summed E-state index contributed by atoms with van der Waals surface area (Å²) in [6.45, 7) is 41.3. The minimum absolute atomic E-state index is 0.0131. The van der Waals surface area contributed by atoms with Crippen molar-refractivity contribution in [2.24, 2.45) is 0 Å². The first-order valence-corrected chi connectivity index (χ1v) is 46.6. The van der Waals surface area contributed by atoms with Crippen LogP contribution in [0.2, 0.25) is 0 Å². The van der Waals surface area contributed by atoms with Crippen molar-refractivity contribution in [1.82, 2.24) is 0 Å². The van der Waals surface area contributed by atoms with Crippen LogP contribution in [0.4, 0.5) is 98.2 Å². The van der Waals surface area contributed by atoms with Gasteiger partial charge in [0.05, 0.1) is 12.2 Å². The van der Waals surface area contributed by atoms with Crippen LogP contribution >= 0.6 is 0 Å². The summed E-state index contributed by atoms with van der Waals surface area (Å²) < 4.78 is 167. The van der Waals surface area contributed by atoms with Crippen molar-refractivity contribution in [1.29, 1.82) is 0 Å². The first-order chi connectivity index (χ1) is 66.2. The number of halogens is 12. The lowest BCUT2D eigenvalue weighted by molar-refractivity contribution is -0.170. The minimum atomic E-state index is -4.99. The molecule has 15 rings (SSSR count). The van der Waals surface area contributed by atoms with Crippen molar-refractivity contribution in [3.63, 3.8) is 0 Å². The molecule has 3 saturated heterocycles. The van der Waals surface area contributed by atoms with E-state index in [1.165, 1.54) is 176 Å². The molecule has 2 atom stereocenters. The molecule has 0 aromatic heterocycles. The summed E-state index contributed by atoms with van der Waals surface area (Å²) in [5.74, 6) is -8.03. The lowest BCUT2D eigenvalue weighted by atomic mass is 9.83. The predicted molar refractivity (Wildman–Crippen MR) is 551 cm³/mol. The Morgan fingerprint density at radius 2 is 0.461 bits per heavy atom. The number of hydrogen-bond donors (Lipinski definition) is 6. The second-order valence-electron chi connectivity index (χ2n) is 35.7. The SMILES string of the molecule is C1CCOC1.CC1CCCO1.CC1CCCO1.CNc1ccc(-c2c(C)c(C)c(-c3ccc(NC)cc3)c(C)c2C)cc1.Cc1c(C)c(-c2ccc(N(C)C(=O)C(F)(F)F)cc2)c(C)c(C)c1-c1ccc(N(C)C(=O)C(F)(F)F)cc1.Cc1c(C)c(-c2ccc(N)cc2)c(C)c(C)c1-c1ccc(N)cc1.Cc1c(C)c(-c2ccc(NC(=O)C(F)(F)F)cc2)c(C)c(C)c1-c1ccc(NC(=O)C(F)(F)F)cc1. The number of hydrogen-bond acceptors (Lipinski definition) is 11. The van der Waals surface area contributed by atoms with Gasteiger partial charge in [0.25, 0.3) is 0 Å². The van der Waals surface area contributed by atoms with Gasteiger partial charge in [0.2, 0.25) is 0 Å². The molecular weight excluding hydrogens is 1820 g/mol. The summed E-state index contributed by atoms with van der Waals surface area (Å²) in [7, 11) is 6.03. The zero-order valence-corrected chi connectivity index (χ0v) is 84.1. The summed E-state index contributed by atoms with van der Waals surface area (Å²) >= 11 is 0. The fourth-order valence-electron chi connectivity index (χ4n) is 17.8. The third-order valence-electron chi connectivity index (χ3n) is 26.5. The predicted octanol–water partition coefficient (Wildman–Crippen LogP) is 29.5. The zero-order valence-electron chi connectivity index (χ0n) is 84.1. The average Bonchev–Trinajstić information content (AvgIpc) is 1.77. The highest BCUT2D eigenvalue weighted by Crippen LogP contribution is 2.46. The van der Waals surface area contributed by atoms with Gasteiger partial charge >= 0.3 is 48.3 Å². The number of carbonyl (C=O) groups excluding carboxylic acids is 4. The minimum Gasteiger partial charge on any atom is -0.399 e. The van der Waals surface area contributed by atoms with Crippen LogP contribution in [0.5, 0.6) is 0 Å². The third-order valence-corrected chi connectivity index (χ3v) is 26.5. The zero-order chi connectivity index (χ0) is 104. The van der Waals surface area contributed by atoms with E-state index in [0.717, 1.165) is 152 Å². The Hall–Kier alpha value is -13.2. The topological polar surface area (TPSA) is 203 Å². The average molecular weight is 1950 g/mol. The molecule has 15 nitrogen and oxygen atoms in total. The number of nitrogens with one attached hydrogen (secondary N) is 4. The quantitative estimate of drug-likeness (QED) is 0.0447. The number of anilines is 8. The molecule has 12 aromatic rings. The van der Waals surface area contributed by atoms with E-state index >= 15 is 0 Å². The van der Waals surface area contributed by atoms with Gasteiger partial charge in [-0.3, -0.25) is 19.2 Å². The number of ether oxygens (including phenoxy) is 3. The molecule has 8 N–H and O–H groups in total. The van der Waals surface area contributed by atoms with Crippen molar-refractivity contribution in [2.75, 3.05) is 97.2 Å². The molecule has 12 aromatic carbocycles. The van der Waals surface area contributed by atoms with E-state index in [1.54, 1.807) is 48.5 Å². The smallest absolute Gasteiger partial charge is 0.399 e. The first kappa shape index (κ1) is 111. The Kier molecular flexibility index (Phi) is 38.1. The lowest BCUT2D eigenvalue weighted by Gasteiger charge is -2.23. The maximum absolute atomic E-state index is 12.8. The molecule has 0 saturated carbocycles. The number of alkyl halides is 12. The third kappa shape index (κ3) is 27.9. The highest BCUT2D eigenvalue weighted by molar-refractivity contribution is 6.00. The molecule has 141 heavy (non-hydrogen) atoms. The molecule has 0 radical (unpaired) electrons. The molecule has 3 fully saturated rings. The maximum Gasteiger partial charge on any atom is 0.471 e. The molecule has 3 aliphatic heterocycles. The fraction of sp³-hybridized carbons (Fsp3) is 0.333. The summed E-state index contributed by atoms with van der Waals surface area (Å²) in [5, 5.41) is 10.0. The second-order valence-corrected chi connectivity index (χ2v) is 35.7. The van der Waals surface area contributed by atoms with Crippen molar-refractivity contribution in [3.05, 3.63) is 283 Å². The van der Waals surface area contributed by atoms with E-state index in [1.807, 2.05) is 104 Å². The highest BCUT2D eigenvalue weighted by Gasteiger charge is 2.44. The number of nitrogens with zero attached hydrogens (tertiary/aromatic N) is 2. The number of benzene rings is 12. The molecule has 3 aliphatic rings. The molecule has 27 heteroatoms. The highest BCUT2D eigenvalue weighted by atomic mass is 19.4. The van der Waals surface area contributed by atoms with Crippen LogP contribution in [-0.4, -0.2) is 115 Å². The Balaban J connectivity index is 0.000000200. The Morgan fingerprint density at radius 3 is 0.603 bits per heavy atom. The van der Waals surface area contributed by atoms with Gasteiger partial charge in [-0.25, -0.2) is 0 Å². The number of carbonyl (C=O) groups is 4. The van der Waals surface area contributed by atoms with Crippen LogP contribution in [0.25, 0.3) is 89.0 Å². The van der Waals surface area contributed by atoms with Crippen LogP contribution in [-0.2, 0) is 33.4 Å². The van der Waals surface area contributed by atoms with E-state index in [4.69, 9.17) is 25.7 Å². The molecule has 750 valence electrons. The summed E-state index contributed by atoms with van der Waals surface area (Å²) in [4.78, 5) is 46.5. The summed E-state index contributed by atoms with van der Waals surface area (Å²) in [5.41, 5.74) is 50.7. The standard InChI is InChI=1S/C28H26F6N2O2.C26H22F6N2O2.C24H28N2.C22H24N2.2C5H10O.C4H8O/c1-15-16(2)24(20-9-13-22(14-10-20)36(6)26(38)28(32,33)34)18(4)17(3)23(15)19-7-11-21(12-8-19)35(5)25(37)27(29,30)31;1-13-14(2)22(18-7-11-20(12-8-18)34-24(36)26(30,31)32)16(4)15(3)21(13)17-5-9-19(10-6-17)33-23(35)25(27,28)29;1-15-16(2)24(20-9-13-22(26-6)14-10-20)18(4)17(3)23(15)19-7-11-21(25-5)12-8-19;1-13-14(2)22(18-7-11-20(24)12-8-18)16(4)15(3)21(13)17-5-9-19(23)10-6-17;2*1-5-3-2-4-6-5;1-2-4-5-3-1/h7-14H,1-6H3;5-12H,1-4H3,(H,33,35)(H,34,36);7-14,25-26H,1-6H3;5-12H,23-24H2,1-4H3;2*5H,2-4H2,1H3;1-4H2. The normalized spacial score (nSPS) is 13.8. The van der Waals surface area contributed by atoms with Gasteiger partial charge in [-0.2, -0.15) is 52.7 Å². The molecule has 0 bridgehead atoms. The number of nitrogens with two attached hydrogens (primary N) is 2. The van der Waals surface area contributed by atoms with E-state index < -0.39 is 48.3 Å². The number of nitrogen functional groups attached to an aromatic ring is 2. The molecule has 4 amide bonds. The number of rotatable bonds is 14. The molecular formula is C114H128F12N8O7. The van der Waals surface area contributed by atoms with Gasteiger partial charge in [0, 0.05) is 100 Å². The van der Waals surface area contributed by atoms with E-state index in [9.17, 15) is 71.9 Å². The first-order valence-electron chi connectivity index (χ1n) is 46.6. The van der Waals surface area contributed by atoms with Crippen molar-refractivity contribution >= 4 is 69.1 Å².